The number of benzene rings is 6. The third-order valence-corrected chi connectivity index (χ3v) is 13.5. The van der Waals surface area contributed by atoms with Crippen LogP contribution in [0.25, 0.3) is 72.3 Å². The van der Waals surface area contributed by atoms with Gasteiger partial charge in [0.2, 0.25) is 0 Å². The predicted molar refractivity (Wildman–Crippen MR) is 240 cm³/mol. The van der Waals surface area contributed by atoms with Crippen molar-refractivity contribution in [3.05, 3.63) is 144 Å². The van der Waals surface area contributed by atoms with Crippen LogP contribution >= 0.6 is 0 Å². The molecular formula is C54H54N2O. The summed E-state index contributed by atoms with van der Waals surface area (Å²) in [5, 5.41) is 2.20. The molecule has 0 unspecified atom stereocenters. The van der Waals surface area contributed by atoms with E-state index < -0.39 is 5.89 Å². The molecule has 2 aromatic heterocycles. The lowest BCUT2D eigenvalue weighted by atomic mass is 9.62. The van der Waals surface area contributed by atoms with Crippen LogP contribution in [0, 0.1) is 5.41 Å². The first-order valence-electron chi connectivity index (χ1n) is 22.0. The molecule has 1 spiro atoms. The number of hydrogen-bond donors (Lipinski definition) is 0. The Morgan fingerprint density at radius 3 is 2.02 bits per heavy atom. The monoisotopic (exact) mass is 747 g/mol. The van der Waals surface area contributed by atoms with E-state index >= 15 is 0 Å². The van der Waals surface area contributed by atoms with E-state index in [9.17, 15) is 1.37 Å². The number of aromatic nitrogens is 2. The van der Waals surface area contributed by atoms with Gasteiger partial charge in [-0.25, -0.2) is 4.98 Å². The van der Waals surface area contributed by atoms with Gasteiger partial charge >= 0.3 is 0 Å². The standard InChI is InChI=1S/C54H54N2O/c1-35(2)46-32-42(39-22-20-38(21-23-39)40-26-30-54(31-27-40)28-11-6-12-29-54)33-47(36(3)4)51(46)56-49-19-10-9-18-48(49)55-53(56)45-17-13-16-44-43-25-24-41(34-50(43)57-52(44)45)37-14-7-5-8-15-37/h5,7-10,13-25,32-36,40H,6,11-12,26-31H2,1-4H3/i40D. The maximum absolute atomic E-state index is 9.60. The molecule has 57 heavy (non-hydrogen) atoms. The fourth-order valence-electron chi connectivity index (χ4n) is 10.3. The van der Waals surface area contributed by atoms with Crippen molar-refractivity contribution in [2.24, 2.45) is 5.41 Å². The van der Waals surface area contributed by atoms with E-state index in [1.807, 2.05) is 0 Å². The van der Waals surface area contributed by atoms with Crippen LogP contribution in [0.5, 0.6) is 0 Å². The number of para-hydroxylation sites is 3. The van der Waals surface area contributed by atoms with E-state index in [-0.39, 0.29) is 11.8 Å². The normalized spacial score (nSPS) is 17.0. The van der Waals surface area contributed by atoms with Crippen LogP contribution < -0.4 is 0 Å². The molecule has 6 aromatic carbocycles. The van der Waals surface area contributed by atoms with E-state index in [0.717, 1.165) is 62.8 Å². The second kappa shape index (κ2) is 14.5. The molecule has 0 atom stereocenters. The van der Waals surface area contributed by atoms with Crippen molar-refractivity contribution in [2.45, 2.75) is 103 Å². The molecular weight excluding hydrogens is 693 g/mol. The molecule has 0 bridgehead atoms. The molecule has 8 aromatic rings. The van der Waals surface area contributed by atoms with Crippen LogP contribution in [-0.4, -0.2) is 9.55 Å². The average Bonchev–Trinajstić information content (AvgIpc) is 3.83. The maximum Gasteiger partial charge on any atom is 0.149 e. The van der Waals surface area contributed by atoms with Crippen LogP contribution in [0.1, 0.15) is 121 Å². The first-order valence-corrected chi connectivity index (χ1v) is 21.5. The zero-order valence-corrected chi connectivity index (χ0v) is 33.9. The van der Waals surface area contributed by atoms with Gasteiger partial charge in [0.1, 0.15) is 17.0 Å². The summed E-state index contributed by atoms with van der Waals surface area (Å²) in [4.78, 5) is 5.40. The summed E-state index contributed by atoms with van der Waals surface area (Å²) in [6.45, 7) is 9.24. The molecule has 2 fully saturated rings. The van der Waals surface area contributed by atoms with Crippen LogP contribution in [0.15, 0.2) is 132 Å². The van der Waals surface area contributed by atoms with Gasteiger partial charge in [0.15, 0.2) is 0 Å². The van der Waals surface area contributed by atoms with Crippen molar-refractivity contribution in [2.75, 3.05) is 0 Å². The van der Waals surface area contributed by atoms with Crippen molar-refractivity contribution >= 4 is 33.0 Å². The van der Waals surface area contributed by atoms with Gasteiger partial charge < -0.3 is 4.42 Å². The fourth-order valence-corrected chi connectivity index (χ4v) is 10.3. The van der Waals surface area contributed by atoms with Gasteiger partial charge in [-0.1, -0.05) is 132 Å². The Bertz CT molecular complexity index is 2740. The van der Waals surface area contributed by atoms with Gasteiger partial charge in [-0.3, -0.25) is 4.57 Å². The van der Waals surface area contributed by atoms with Crippen LogP contribution in [0.4, 0.5) is 0 Å². The maximum atomic E-state index is 9.60. The highest BCUT2D eigenvalue weighted by molar-refractivity contribution is 6.10. The quantitative estimate of drug-likeness (QED) is 0.163. The zero-order valence-electron chi connectivity index (χ0n) is 34.9. The van der Waals surface area contributed by atoms with Crippen LogP contribution in [-0.2, 0) is 0 Å². The molecule has 0 saturated heterocycles. The molecule has 2 aliphatic rings. The number of furan rings is 1. The van der Waals surface area contributed by atoms with Crippen LogP contribution in [0.2, 0.25) is 0 Å². The van der Waals surface area contributed by atoms with E-state index in [4.69, 9.17) is 9.40 Å². The van der Waals surface area contributed by atoms with Crippen molar-refractivity contribution in [1.82, 2.24) is 9.55 Å². The molecule has 0 radical (unpaired) electrons. The third kappa shape index (κ3) is 6.40. The minimum absolute atomic E-state index is 0.255. The van der Waals surface area contributed by atoms with Gasteiger partial charge in [0.05, 0.1) is 22.3 Å². The van der Waals surface area contributed by atoms with E-state index in [0.29, 0.717) is 5.41 Å². The molecule has 286 valence electrons. The Balaban J connectivity index is 1.09. The number of imidazole rings is 1. The Labute approximate surface area is 339 Å². The third-order valence-electron chi connectivity index (χ3n) is 13.5. The SMILES string of the molecule is [2H]C1(c2ccc(-c3cc(C(C)C)c(-n4c(-c5cccc6c5oc5cc(-c7ccccc7)ccc56)nc5ccccc54)c(C(C)C)c3)cc2)CCC2(CCCCC2)CC1. The first-order chi connectivity index (χ1) is 28.2. The zero-order chi connectivity index (χ0) is 39.6. The minimum Gasteiger partial charge on any atom is -0.455 e. The summed E-state index contributed by atoms with van der Waals surface area (Å²) in [5.41, 5.74) is 15.0. The van der Waals surface area contributed by atoms with Crippen molar-refractivity contribution in [1.29, 1.82) is 0 Å². The second-order valence-electron chi connectivity index (χ2n) is 17.7. The lowest BCUT2D eigenvalue weighted by molar-refractivity contribution is 0.114. The van der Waals surface area contributed by atoms with Gasteiger partial charge in [-0.2, -0.15) is 0 Å². The average molecular weight is 748 g/mol. The fraction of sp³-hybridized carbons (Fsp3) is 0.315. The lowest BCUT2D eigenvalue weighted by Crippen LogP contribution is -2.29. The molecule has 2 heterocycles. The number of hydrogen-bond acceptors (Lipinski definition) is 2. The molecule has 3 nitrogen and oxygen atoms in total. The van der Waals surface area contributed by atoms with Gasteiger partial charge in [-0.05, 0) is 143 Å². The number of rotatable bonds is 7. The molecule has 0 aliphatic heterocycles. The summed E-state index contributed by atoms with van der Waals surface area (Å²) in [7, 11) is 0. The predicted octanol–water partition coefficient (Wildman–Crippen LogP) is 15.8. The molecule has 0 N–H and O–H groups in total. The highest BCUT2D eigenvalue weighted by atomic mass is 16.3. The molecule has 3 heteroatoms. The van der Waals surface area contributed by atoms with E-state index in [1.54, 1.807) is 0 Å². The number of nitrogens with zero attached hydrogens (tertiary/aromatic N) is 2. The summed E-state index contributed by atoms with van der Waals surface area (Å²) < 4.78 is 18.9. The number of fused-ring (bicyclic) bond motifs is 4. The minimum atomic E-state index is -0.483. The highest BCUT2D eigenvalue weighted by Crippen LogP contribution is 2.51. The van der Waals surface area contributed by atoms with Crippen molar-refractivity contribution in [3.8, 4) is 39.3 Å². The van der Waals surface area contributed by atoms with Crippen molar-refractivity contribution in [3.63, 3.8) is 0 Å². The summed E-state index contributed by atoms with van der Waals surface area (Å²) in [5.74, 6) is 0.913. The summed E-state index contributed by atoms with van der Waals surface area (Å²) in [6, 6.07) is 46.0. The van der Waals surface area contributed by atoms with E-state index in [1.165, 1.54) is 84.0 Å². The summed E-state index contributed by atoms with van der Waals surface area (Å²) >= 11 is 0. The lowest BCUT2D eigenvalue weighted by Gasteiger charge is -2.43. The van der Waals surface area contributed by atoms with Gasteiger partial charge in [-0.15, -0.1) is 0 Å². The second-order valence-corrected chi connectivity index (χ2v) is 17.7. The van der Waals surface area contributed by atoms with Gasteiger partial charge in [0.25, 0.3) is 0 Å². The molecule has 2 saturated carbocycles. The smallest absolute Gasteiger partial charge is 0.149 e. The topological polar surface area (TPSA) is 31.0 Å². The van der Waals surface area contributed by atoms with E-state index in [2.05, 4.69) is 160 Å². The highest BCUT2D eigenvalue weighted by Gasteiger charge is 2.36. The Hall–Kier alpha value is -5.41. The van der Waals surface area contributed by atoms with Crippen molar-refractivity contribution < 1.29 is 5.79 Å². The first kappa shape index (κ1) is 34.8. The Morgan fingerprint density at radius 2 is 1.30 bits per heavy atom. The van der Waals surface area contributed by atoms with Gasteiger partial charge in [0, 0.05) is 12.1 Å². The Kier molecular flexibility index (Phi) is 8.86. The Morgan fingerprint density at radius 1 is 0.632 bits per heavy atom. The molecule has 0 amide bonds. The largest absolute Gasteiger partial charge is 0.455 e. The molecule has 2 aliphatic carbocycles. The summed E-state index contributed by atoms with van der Waals surface area (Å²) in [6.07, 6.45) is 11.3. The molecule has 10 rings (SSSR count). The van der Waals surface area contributed by atoms with Crippen LogP contribution in [0.3, 0.4) is 0 Å².